The molecule has 2 rings (SSSR count). The summed E-state index contributed by atoms with van der Waals surface area (Å²) >= 11 is 4.81. The van der Waals surface area contributed by atoms with E-state index >= 15 is 0 Å². The maximum Gasteiger partial charge on any atom is 0.123 e. The Morgan fingerprint density at radius 3 is 2.94 bits per heavy atom. The number of aliphatic hydroxyl groups is 1. The Hall–Kier alpha value is -0.780. The van der Waals surface area contributed by atoms with Crippen molar-refractivity contribution in [3.8, 4) is 0 Å². The topological polar surface area (TPSA) is 33.1 Å². The molecule has 2 nitrogen and oxygen atoms in total. The summed E-state index contributed by atoms with van der Waals surface area (Å²) in [5, 5.41) is 12.8. The lowest BCUT2D eigenvalue weighted by atomic mass is 10.1. The lowest BCUT2D eigenvalue weighted by molar-refractivity contribution is 0.177. The molecule has 90 valence electrons. The van der Waals surface area contributed by atoms with Gasteiger partial charge in [-0.3, -0.25) is 0 Å². The maximum atomic E-state index is 13.1. The average Bonchev–Trinajstić information content (AvgIpc) is 2.67. The van der Waals surface area contributed by atoms with Crippen LogP contribution in [0.25, 0.3) is 0 Å². The fraction of sp³-hybridized carbons (Fsp3) is 0.250. The normalized spacial score (nSPS) is 12.7. The Morgan fingerprint density at radius 2 is 2.29 bits per heavy atom. The number of hydrogen-bond donors (Lipinski definition) is 1. The number of nitrogens with zero attached hydrogens (tertiary/aromatic N) is 1. The third-order valence-corrected chi connectivity index (χ3v) is 4.06. The molecular formula is C12H11BrFNOS. The second kappa shape index (κ2) is 5.25. The summed E-state index contributed by atoms with van der Waals surface area (Å²) in [7, 11) is 0. The van der Waals surface area contributed by atoms with Gasteiger partial charge in [0.25, 0.3) is 0 Å². The van der Waals surface area contributed by atoms with E-state index in [2.05, 4.69) is 20.9 Å². The number of aliphatic hydroxyl groups excluding tert-OH is 1. The summed E-state index contributed by atoms with van der Waals surface area (Å²) in [5.74, 6) is -0.349. The van der Waals surface area contributed by atoms with E-state index in [1.165, 1.54) is 23.5 Å². The number of benzene rings is 1. The summed E-state index contributed by atoms with van der Waals surface area (Å²) in [5.41, 5.74) is 1.49. The van der Waals surface area contributed by atoms with Gasteiger partial charge >= 0.3 is 0 Å². The van der Waals surface area contributed by atoms with Crippen LogP contribution in [0.2, 0.25) is 0 Å². The minimum atomic E-state index is -0.745. The lowest BCUT2D eigenvalue weighted by Crippen LogP contribution is -2.03. The van der Waals surface area contributed by atoms with Crippen LogP contribution in [0.5, 0.6) is 0 Å². The largest absolute Gasteiger partial charge is 0.388 e. The van der Waals surface area contributed by atoms with Crippen LogP contribution in [0.1, 0.15) is 22.4 Å². The van der Waals surface area contributed by atoms with E-state index in [0.717, 1.165) is 10.7 Å². The highest BCUT2D eigenvalue weighted by molar-refractivity contribution is 9.10. The van der Waals surface area contributed by atoms with Crippen molar-refractivity contribution >= 4 is 27.3 Å². The van der Waals surface area contributed by atoms with Gasteiger partial charge in [-0.1, -0.05) is 15.9 Å². The van der Waals surface area contributed by atoms with Crippen LogP contribution in [0.3, 0.4) is 0 Å². The highest BCUT2D eigenvalue weighted by atomic mass is 79.9. The van der Waals surface area contributed by atoms with Gasteiger partial charge in [-0.25, -0.2) is 9.37 Å². The fourth-order valence-electron chi connectivity index (χ4n) is 1.54. The molecule has 0 saturated heterocycles. The minimum absolute atomic E-state index is 0.349. The second-order valence-electron chi connectivity index (χ2n) is 3.77. The first-order chi connectivity index (χ1) is 8.06. The zero-order valence-corrected chi connectivity index (χ0v) is 11.6. The van der Waals surface area contributed by atoms with Crippen LogP contribution < -0.4 is 0 Å². The Kier molecular flexibility index (Phi) is 3.91. The van der Waals surface area contributed by atoms with E-state index in [-0.39, 0.29) is 5.82 Å². The molecule has 5 heteroatoms. The molecular weight excluding hydrogens is 305 g/mol. The third-order valence-electron chi connectivity index (χ3n) is 2.35. The first kappa shape index (κ1) is 12.7. The molecule has 1 aromatic heterocycles. The highest BCUT2D eigenvalue weighted by Crippen LogP contribution is 2.27. The highest BCUT2D eigenvalue weighted by Gasteiger charge is 2.14. The molecule has 1 N–H and O–H groups in total. The van der Waals surface area contributed by atoms with Crippen molar-refractivity contribution < 1.29 is 9.50 Å². The Labute approximate surface area is 111 Å². The predicted molar refractivity (Wildman–Crippen MR) is 69.6 cm³/mol. The van der Waals surface area contributed by atoms with E-state index in [9.17, 15) is 9.50 Å². The van der Waals surface area contributed by atoms with E-state index < -0.39 is 6.10 Å². The van der Waals surface area contributed by atoms with E-state index in [1.807, 2.05) is 12.3 Å². The molecule has 0 bridgehead atoms. The monoisotopic (exact) mass is 315 g/mol. The first-order valence-electron chi connectivity index (χ1n) is 5.10. The molecule has 1 aromatic carbocycles. The van der Waals surface area contributed by atoms with Crippen molar-refractivity contribution in [2.45, 2.75) is 19.4 Å². The average molecular weight is 316 g/mol. The molecule has 0 amide bonds. The smallest absolute Gasteiger partial charge is 0.123 e. The van der Waals surface area contributed by atoms with Crippen molar-refractivity contribution in [1.82, 2.24) is 4.98 Å². The van der Waals surface area contributed by atoms with Gasteiger partial charge in [0.1, 0.15) is 5.82 Å². The fourth-order valence-corrected chi connectivity index (χ4v) is 2.86. The lowest BCUT2D eigenvalue weighted by Gasteiger charge is -2.11. The molecule has 0 aliphatic rings. The van der Waals surface area contributed by atoms with Gasteiger partial charge in [-0.2, -0.15) is 0 Å². The molecule has 0 saturated carbocycles. The molecule has 17 heavy (non-hydrogen) atoms. The van der Waals surface area contributed by atoms with Crippen molar-refractivity contribution in [2.75, 3.05) is 0 Å². The minimum Gasteiger partial charge on any atom is -0.388 e. The van der Waals surface area contributed by atoms with Gasteiger partial charge in [0.15, 0.2) is 0 Å². The van der Waals surface area contributed by atoms with Gasteiger partial charge in [0.05, 0.1) is 11.1 Å². The molecule has 0 spiro atoms. The number of rotatable bonds is 3. The van der Waals surface area contributed by atoms with Crippen molar-refractivity contribution in [3.63, 3.8) is 0 Å². The Bertz CT molecular complexity index is 529. The summed E-state index contributed by atoms with van der Waals surface area (Å²) in [6.45, 7) is 1.91. The van der Waals surface area contributed by atoms with Crippen LogP contribution in [0, 0.1) is 12.7 Å². The van der Waals surface area contributed by atoms with E-state index in [0.29, 0.717) is 16.5 Å². The first-order valence-corrected chi connectivity index (χ1v) is 6.77. The molecule has 2 aromatic rings. The van der Waals surface area contributed by atoms with Gasteiger partial charge in [0.2, 0.25) is 0 Å². The van der Waals surface area contributed by atoms with Gasteiger partial charge in [0, 0.05) is 22.0 Å². The van der Waals surface area contributed by atoms with Crippen LogP contribution >= 0.6 is 27.3 Å². The van der Waals surface area contributed by atoms with Gasteiger partial charge in [-0.05, 0) is 30.7 Å². The summed E-state index contributed by atoms with van der Waals surface area (Å²) in [6.07, 6.45) is -0.341. The van der Waals surface area contributed by atoms with Crippen LogP contribution in [0.15, 0.2) is 28.1 Å². The van der Waals surface area contributed by atoms with Gasteiger partial charge < -0.3 is 5.11 Å². The van der Waals surface area contributed by atoms with Crippen molar-refractivity contribution in [1.29, 1.82) is 0 Å². The Morgan fingerprint density at radius 1 is 1.53 bits per heavy atom. The van der Waals surface area contributed by atoms with Crippen molar-refractivity contribution in [2.24, 2.45) is 0 Å². The molecule has 0 radical (unpaired) electrons. The number of halogens is 2. The Balaban J connectivity index is 2.19. The summed E-state index contributed by atoms with van der Waals surface area (Å²) in [6, 6.07) is 4.30. The quantitative estimate of drug-likeness (QED) is 0.938. The zero-order valence-electron chi connectivity index (χ0n) is 9.15. The third kappa shape index (κ3) is 3.12. The second-order valence-corrected chi connectivity index (χ2v) is 5.57. The summed E-state index contributed by atoms with van der Waals surface area (Å²) < 4.78 is 13.8. The number of aryl methyl sites for hydroxylation is 1. The van der Waals surface area contributed by atoms with Crippen molar-refractivity contribution in [3.05, 3.63) is 50.1 Å². The van der Waals surface area contributed by atoms with Gasteiger partial charge in [-0.15, -0.1) is 11.3 Å². The number of thiazole rings is 1. The number of hydrogen-bond acceptors (Lipinski definition) is 3. The molecule has 1 unspecified atom stereocenters. The SMILES string of the molecule is Cc1csc(CC(O)c2cc(F)ccc2Br)n1. The molecule has 0 aliphatic heterocycles. The zero-order chi connectivity index (χ0) is 12.4. The summed E-state index contributed by atoms with van der Waals surface area (Å²) in [4.78, 5) is 4.28. The maximum absolute atomic E-state index is 13.1. The molecule has 0 fully saturated rings. The predicted octanol–water partition coefficient (Wildman–Crippen LogP) is 3.63. The van der Waals surface area contributed by atoms with Crippen LogP contribution in [0.4, 0.5) is 4.39 Å². The van der Waals surface area contributed by atoms with E-state index in [1.54, 1.807) is 6.07 Å². The standard InChI is InChI=1S/C12H11BrFNOS/c1-7-6-17-12(15-7)5-11(16)9-4-8(14)2-3-10(9)13/h2-4,6,11,16H,5H2,1H3. The van der Waals surface area contributed by atoms with E-state index in [4.69, 9.17) is 0 Å². The molecule has 0 aliphatic carbocycles. The molecule has 1 atom stereocenters. The molecule has 1 heterocycles. The van der Waals surface area contributed by atoms with Crippen LogP contribution in [-0.2, 0) is 6.42 Å². The number of aromatic nitrogens is 1. The van der Waals surface area contributed by atoms with Crippen LogP contribution in [-0.4, -0.2) is 10.1 Å².